The van der Waals surface area contributed by atoms with Gasteiger partial charge in [0.05, 0.1) is 34.4 Å². The van der Waals surface area contributed by atoms with E-state index in [4.69, 9.17) is 0 Å². The van der Waals surface area contributed by atoms with Crippen molar-refractivity contribution >= 4 is 16.6 Å². The Morgan fingerprint density at radius 2 is 2.00 bits per heavy atom. The lowest BCUT2D eigenvalue weighted by Crippen LogP contribution is -2.26. The highest BCUT2D eigenvalue weighted by molar-refractivity contribution is 5.77. The zero-order chi connectivity index (χ0) is 18.0. The summed E-state index contributed by atoms with van der Waals surface area (Å²) >= 11 is 0. The zero-order valence-electron chi connectivity index (χ0n) is 14.5. The van der Waals surface area contributed by atoms with Crippen molar-refractivity contribution in [2.24, 2.45) is 0 Å². The van der Waals surface area contributed by atoms with E-state index >= 15 is 0 Å². The number of anilines is 1. The van der Waals surface area contributed by atoms with E-state index in [0.29, 0.717) is 41.1 Å². The third-order valence-corrected chi connectivity index (χ3v) is 4.14. The summed E-state index contributed by atoms with van der Waals surface area (Å²) in [4.78, 5) is 26.0. The Bertz CT molecular complexity index is 1030. The number of H-pyrrole nitrogens is 1. The van der Waals surface area contributed by atoms with Crippen LogP contribution in [0.5, 0.6) is 0 Å². The molecule has 6 nitrogen and oxygen atoms in total. The maximum absolute atomic E-state index is 12.3. The highest BCUT2D eigenvalue weighted by Gasteiger charge is 2.15. The van der Waals surface area contributed by atoms with Crippen LogP contribution in [-0.2, 0) is 6.54 Å². The second-order valence-corrected chi connectivity index (χ2v) is 5.90. The van der Waals surface area contributed by atoms with E-state index in [9.17, 15) is 10.1 Å². The van der Waals surface area contributed by atoms with E-state index in [0.717, 1.165) is 11.4 Å². The molecule has 3 rings (SSSR count). The molecule has 2 aromatic heterocycles. The molecule has 0 saturated heterocycles. The lowest BCUT2D eigenvalue weighted by Gasteiger charge is -2.24. The van der Waals surface area contributed by atoms with Crippen molar-refractivity contribution in [1.29, 1.82) is 5.26 Å². The first-order valence-electron chi connectivity index (χ1n) is 8.14. The van der Waals surface area contributed by atoms with Crippen molar-refractivity contribution in [3.8, 4) is 6.07 Å². The van der Waals surface area contributed by atoms with Crippen molar-refractivity contribution < 1.29 is 0 Å². The number of rotatable bonds is 4. The number of fused-ring (bicyclic) bond motifs is 1. The van der Waals surface area contributed by atoms with Gasteiger partial charge in [-0.15, -0.1) is 0 Å². The molecule has 3 aromatic rings. The molecule has 0 bridgehead atoms. The van der Waals surface area contributed by atoms with Gasteiger partial charge in [0, 0.05) is 12.2 Å². The van der Waals surface area contributed by atoms with E-state index in [-0.39, 0.29) is 5.56 Å². The van der Waals surface area contributed by atoms with Crippen molar-refractivity contribution in [3.63, 3.8) is 0 Å². The Kier molecular flexibility index (Phi) is 4.48. The first-order chi connectivity index (χ1) is 12.0. The summed E-state index contributed by atoms with van der Waals surface area (Å²) < 4.78 is 0. The number of aryl methyl sites for hydroxylation is 2. The molecule has 0 aliphatic carbocycles. The summed E-state index contributed by atoms with van der Waals surface area (Å²) in [5, 5.41) is 10.1. The number of nitrogens with zero attached hydrogens (tertiary/aromatic N) is 4. The Hall–Kier alpha value is -3.20. The number of hydrogen-bond acceptors (Lipinski definition) is 5. The summed E-state index contributed by atoms with van der Waals surface area (Å²) in [6, 6.07) is 11.4. The Morgan fingerprint density at radius 3 is 2.72 bits per heavy atom. The van der Waals surface area contributed by atoms with Crippen LogP contribution in [0.4, 0.5) is 5.69 Å². The summed E-state index contributed by atoms with van der Waals surface area (Å²) in [5.74, 6) is 0.571. The third-order valence-electron chi connectivity index (χ3n) is 4.14. The van der Waals surface area contributed by atoms with Gasteiger partial charge in [-0.05, 0) is 39.0 Å². The summed E-state index contributed by atoms with van der Waals surface area (Å²) in [6.45, 7) is 6.83. The highest BCUT2D eigenvalue weighted by atomic mass is 16.1. The molecular formula is C19H19N5O. The molecule has 0 spiro atoms. The third kappa shape index (κ3) is 3.22. The van der Waals surface area contributed by atoms with E-state index in [1.165, 1.54) is 0 Å². The predicted octanol–water partition coefficient (Wildman–Crippen LogP) is 2.83. The summed E-state index contributed by atoms with van der Waals surface area (Å²) in [5.41, 5.74) is 3.43. The van der Waals surface area contributed by atoms with Crippen LogP contribution in [0.1, 0.15) is 29.7 Å². The van der Waals surface area contributed by atoms with Crippen LogP contribution in [0, 0.1) is 25.2 Å². The van der Waals surface area contributed by atoms with Crippen LogP contribution < -0.4 is 10.5 Å². The molecule has 0 aliphatic rings. The molecule has 126 valence electrons. The maximum atomic E-state index is 12.3. The second kappa shape index (κ2) is 6.73. The predicted molar refractivity (Wildman–Crippen MR) is 97.5 cm³/mol. The van der Waals surface area contributed by atoms with Gasteiger partial charge in [-0.1, -0.05) is 12.1 Å². The van der Waals surface area contributed by atoms with Crippen LogP contribution in [0.3, 0.4) is 0 Å². The fourth-order valence-electron chi connectivity index (χ4n) is 2.95. The molecule has 0 aliphatic heterocycles. The van der Waals surface area contributed by atoms with Gasteiger partial charge in [0.25, 0.3) is 5.56 Å². The quantitative estimate of drug-likeness (QED) is 0.793. The summed E-state index contributed by atoms with van der Waals surface area (Å²) in [6.07, 6.45) is 0. The molecule has 0 fully saturated rings. The fourth-order valence-corrected chi connectivity index (χ4v) is 2.95. The van der Waals surface area contributed by atoms with Crippen LogP contribution in [-0.4, -0.2) is 21.5 Å². The van der Waals surface area contributed by atoms with E-state index in [1.54, 1.807) is 6.07 Å². The van der Waals surface area contributed by atoms with Gasteiger partial charge in [0.15, 0.2) is 0 Å². The molecule has 0 unspecified atom stereocenters. The van der Waals surface area contributed by atoms with Crippen molar-refractivity contribution in [2.45, 2.75) is 27.3 Å². The van der Waals surface area contributed by atoms with Crippen LogP contribution >= 0.6 is 0 Å². The number of hydrogen-bond donors (Lipinski definition) is 1. The number of aromatic amines is 1. The maximum Gasteiger partial charge on any atom is 0.258 e. The fraction of sp³-hybridized carbons (Fsp3) is 0.263. The molecular weight excluding hydrogens is 314 g/mol. The number of benzene rings is 1. The van der Waals surface area contributed by atoms with Gasteiger partial charge in [0.1, 0.15) is 11.9 Å². The van der Waals surface area contributed by atoms with E-state index in [2.05, 4.69) is 21.0 Å². The molecule has 2 heterocycles. The van der Waals surface area contributed by atoms with Gasteiger partial charge in [-0.3, -0.25) is 9.78 Å². The molecule has 0 saturated carbocycles. The number of nitrogens with one attached hydrogen (secondary N) is 1. The molecule has 0 atom stereocenters. The Morgan fingerprint density at radius 1 is 1.24 bits per heavy atom. The number of para-hydroxylation sites is 1. The number of aromatic nitrogens is 3. The van der Waals surface area contributed by atoms with Crippen molar-refractivity contribution in [3.05, 3.63) is 63.5 Å². The van der Waals surface area contributed by atoms with Gasteiger partial charge in [-0.25, -0.2) is 4.98 Å². The largest absolute Gasteiger partial charge is 0.363 e. The standard InChI is InChI=1S/C19H19N5O/c1-4-24(17-9-12(2)21-13(3)15(17)10-20)11-18-22-16-8-6-5-7-14(16)19(25)23-18/h5-9H,4,11H2,1-3H3,(H,22,23,25). The normalized spacial score (nSPS) is 10.6. The van der Waals surface area contributed by atoms with Gasteiger partial charge >= 0.3 is 0 Å². The lowest BCUT2D eigenvalue weighted by atomic mass is 10.1. The number of nitriles is 1. The van der Waals surface area contributed by atoms with Gasteiger partial charge < -0.3 is 9.88 Å². The Labute approximate surface area is 145 Å². The van der Waals surface area contributed by atoms with Crippen molar-refractivity contribution in [1.82, 2.24) is 15.0 Å². The van der Waals surface area contributed by atoms with E-state index < -0.39 is 0 Å². The highest BCUT2D eigenvalue weighted by Crippen LogP contribution is 2.24. The number of pyridine rings is 1. The smallest absolute Gasteiger partial charge is 0.258 e. The molecule has 0 amide bonds. The molecule has 1 aromatic carbocycles. The van der Waals surface area contributed by atoms with Crippen LogP contribution in [0.15, 0.2) is 35.1 Å². The van der Waals surface area contributed by atoms with Crippen LogP contribution in [0.2, 0.25) is 0 Å². The molecule has 6 heteroatoms. The average Bonchev–Trinajstić information content (AvgIpc) is 2.59. The minimum absolute atomic E-state index is 0.153. The summed E-state index contributed by atoms with van der Waals surface area (Å²) in [7, 11) is 0. The topological polar surface area (TPSA) is 85.7 Å². The van der Waals surface area contributed by atoms with Crippen molar-refractivity contribution in [2.75, 3.05) is 11.4 Å². The minimum atomic E-state index is -0.153. The van der Waals surface area contributed by atoms with E-state index in [1.807, 2.05) is 49.9 Å². The Balaban J connectivity index is 2.05. The SMILES string of the molecule is CCN(Cc1nc2ccccc2c(=O)[nH]1)c1cc(C)nc(C)c1C#N. The molecule has 1 N–H and O–H groups in total. The first kappa shape index (κ1) is 16.7. The van der Waals surface area contributed by atoms with Gasteiger partial charge in [0.2, 0.25) is 0 Å². The zero-order valence-corrected chi connectivity index (χ0v) is 14.5. The first-order valence-corrected chi connectivity index (χ1v) is 8.14. The molecule has 0 radical (unpaired) electrons. The molecule has 25 heavy (non-hydrogen) atoms. The van der Waals surface area contributed by atoms with Crippen LogP contribution in [0.25, 0.3) is 10.9 Å². The average molecular weight is 333 g/mol. The lowest BCUT2D eigenvalue weighted by molar-refractivity contribution is 0.777. The van der Waals surface area contributed by atoms with Gasteiger partial charge in [-0.2, -0.15) is 5.26 Å². The second-order valence-electron chi connectivity index (χ2n) is 5.90. The monoisotopic (exact) mass is 333 g/mol. The minimum Gasteiger partial charge on any atom is -0.363 e.